The van der Waals surface area contributed by atoms with Crippen LogP contribution in [0, 0.1) is 19.3 Å². The zero-order valence-corrected chi connectivity index (χ0v) is 15.7. The summed E-state index contributed by atoms with van der Waals surface area (Å²) in [4.78, 5) is 24.8. The van der Waals surface area contributed by atoms with Crippen molar-refractivity contribution in [2.45, 2.75) is 34.6 Å². The van der Waals surface area contributed by atoms with E-state index >= 15 is 0 Å². The summed E-state index contributed by atoms with van der Waals surface area (Å²) < 4.78 is 11.2. The number of carbonyl (C=O) groups is 2. The number of ether oxygens (including phenoxy) is 2. The van der Waals surface area contributed by atoms with E-state index in [4.69, 9.17) is 9.47 Å². The number of fused-ring (bicyclic) bond motifs is 1. The maximum Gasteiger partial charge on any atom is 0.316 e. The molecule has 3 rings (SSSR count). The summed E-state index contributed by atoms with van der Waals surface area (Å²) in [5, 5.41) is 0. The van der Waals surface area contributed by atoms with Gasteiger partial charge in [0.05, 0.1) is 11.0 Å². The molecule has 0 fully saturated rings. The van der Waals surface area contributed by atoms with Crippen LogP contribution in [-0.4, -0.2) is 11.8 Å². The lowest BCUT2D eigenvalue weighted by Crippen LogP contribution is -2.25. The first kappa shape index (κ1) is 17.9. The van der Waals surface area contributed by atoms with Crippen molar-refractivity contribution in [3.8, 4) is 11.5 Å². The van der Waals surface area contributed by atoms with Crippen LogP contribution < -0.4 is 9.47 Å². The van der Waals surface area contributed by atoms with Gasteiger partial charge in [0.25, 0.3) is 0 Å². The Balaban J connectivity index is 1.94. The van der Waals surface area contributed by atoms with Crippen molar-refractivity contribution < 1.29 is 19.1 Å². The van der Waals surface area contributed by atoms with Crippen molar-refractivity contribution in [2.24, 2.45) is 5.41 Å². The third-order valence-electron chi connectivity index (χ3n) is 4.24. The highest BCUT2D eigenvalue weighted by molar-refractivity contribution is 6.15. The quantitative estimate of drug-likeness (QED) is 0.440. The van der Waals surface area contributed by atoms with Crippen LogP contribution in [0.25, 0.3) is 6.08 Å². The summed E-state index contributed by atoms with van der Waals surface area (Å²) in [5.41, 5.74) is 2.61. The van der Waals surface area contributed by atoms with Gasteiger partial charge in [-0.1, -0.05) is 24.3 Å². The van der Waals surface area contributed by atoms with Crippen molar-refractivity contribution in [3.63, 3.8) is 0 Å². The fraction of sp³-hybridized carbons (Fsp3) is 0.273. The number of hydrogen-bond acceptors (Lipinski definition) is 4. The van der Waals surface area contributed by atoms with Crippen LogP contribution in [0.5, 0.6) is 11.5 Å². The molecule has 2 aromatic rings. The van der Waals surface area contributed by atoms with E-state index in [1.807, 2.05) is 38.1 Å². The maximum absolute atomic E-state index is 12.7. The summed E-state index contributed by atoms with van der Waals surface area (Å²) in [6.07, 6.45) is 1.75. The highest BCUT2D eigenvalue weighted by atomic mass is 16.5. The zero-order chi connectivity index (χ0) is 19.1. The third-order valence-corrected chi connectivity index (χ3v) is 4.24. The van der Waals surface area contributed by atoms with E-state index in [1.165, 1.54) is 0 Å². The fourth-order valence-electron chi connectivity index (χ4n) is 2.69. The van der Waals surface area contributed by atoms with Gasteiger partial charge >= 0.3 is 5.97 Å². The number of Topliss-reactive ketones (excluding diaryl/α,β-unsaturated/α-hetero) is 1. The Morgan fingerprint density at radius 1 is 1.08 bits per heavy atom. The van der Waals surface area contributed by atoms with Crippen molar-refractivity contribution in [1.29, 1.82) is 0 Å². The molecule has 0 aromatic heterocycles. The predicted molar refractivity (Wildman–Crippen MR) is 100 cm³/mol. The standard InChI is InChI=1S/C22H22O4/c1-13-8-6-7-9-15(13)11-18-20(23)19-14(2)10-16(12-17(19)26-18)25-21(24)22(3,4)5/h6-12H,1-5H3/b18-11-. The van der Waals surface area contributed by atoms with E-state index in [-0.39, 0.29) is 17.5 Å². The molecule has 2 aromatic carbocycles. The molecule has 0 spiro atoms. The highest BCUT2D eigenvalue weighted by Crippen LogP contribution is 2.38. The van der Waals surface area contributed by atoms with Gasteiger partial charge in [-0.3, -0.25) is 9.59 Å². The van der Waals surface area contributed by atoms with Crippen LogP contribution in [0.15, 0.2) is 42.2 Å². The van der Waals surface area contributed by atoms with Crippen LogP contribution in [-0.2, 0) is 4.79 Å². The van der Waals surface area contributed by atoms with Gasteiger partial charge in [-0.25, -0.2) is 0 Å². The van der Waals surface area contributed by atoms with Gasteiger partial charge in [0.1, 0.15) is 11.5 Å². The lowest BCUT2D eigenvalue weighted by Gasteiger charge is -2.16. The van der Waals surface area contributed by atoms with E-state index in [1.54, 1.807) is 39.0 Å². The first-order valence-corrected chi connectivity index (χ1v) is 8.53. The van der Waals surface area contributed by atoms with Crippen LogP contribution in [0.4, 0.5) is 0 Å². The summed E-state index contributed by atoms with van der Waals surface area (Å²) in [7, 11) is 0. The van der Waals surface area contributed by atoms with Crippen LogP contribution in [0.3, 0.4) is 0 Å². The minimum absolute atomic E-state index is 0.158. The maximum atomic E-state index is 12.7. The van der Waals surface area contributed by atoms with E-state index in [9.17, 15) is 9.59 Å². The Kier molecular flexibility index (Phi) is 4.45. The summed E-state index contributed by atoms with van der Waals surface area (Å²) >= 11 is 0. The van der Waals surface area contributed by atoms with Crippen LogP contribution in [0.2, 0.25) is 0 Å². The molecule has 0 aliphatic carbocycles. The number of rotatable bonds is 2. The molecule has 0 N–H and O–H groups in total. The number of benzene rings is 2. The predicted octanol–water partition coefficient (Wildman–Crippen LogP) is 4.87. The second-order valence-electron chi connectivity index (χ2n) is 7.55. The van der Waals surface area contributed by atoms with Gasteiger partial charge in [-0.05, 0) is 63.5 Å². The Morgan fingerprint density at radius 3 is 2.42 bits per heavy atom. The third kappa shape index (κ3) is 3.40. The monoisotopic (exact) mass is 350 g/mol. The second kappa shape index (κ2) is 6.45. The molecule has 0 unspecified atom stereocenters. The van der Waals surface area contributed by atoms with Gasteiger partial charge in [-0.15, -0.1) is 0 Å². The lowest BCUT2D eigenvalue weighted by molar-refractivity contribution is -0.143. The Morgan fingerprint density at radius 2 is 1.77 bits per heavy atom. The Bertz CT molecular complexity index is 930. The van der Waals surface area contributed by atoms with Gasteiger partial charge in [-0.2, -0.15) is 0 Å². The van der Waals surface area contributed by atoms with Crippen LogP contribution in [0.1, 0.15) is 47.8 Å². The first-order valence-electron chi connectivity index (χ1n) is 8.53. The summed E-state index contributed by atoms with van der Waals surface area (Å²) in [6, 6.07) is 11.1. The largest absolute Gasteiger partial charge is 0.452 e. The van der Waals surface area contributed by atoms with Gasteiger partial charge in [0.15, 0.2) is 5.76 Å². The minimum Gasteiger partial charge on any atom is -0.452 e. The van der Waals surface area contributed by atoms with Crippen molar-refractivity contribution in [1.82, 2.24) is 0 Å². The lowest BCUT2D eigenvalue weighted by atomic mass is 9.97. The minimum atomic E-state index is -0.612. The number of ketones is 1. The van der Waals surface area contributed by atoms with Gasteiger partial charge in [0, 0.05) is 6.07 Å². The molecule has 1 aliphatic rings. The fourth-order valence-corrected chi connectivity index (χ4v) is 2.69. The normalized spacial score (nSPS) is 15.0. The molecule has 0 bridgehead atoms. The van der Waals surface area contributed by atoms with Gasteiger partial charge < -0.3 is 9.47 Å². The first-order chi connectivity index (χ1) is 12.2. The van der Waals surface area contributed by atoms with E-state index in [0.29, 0.717) is 17.1 Å². The van der Waals surface area contributed by atoms with Crippen molar-refractivity contribution in [3.05, 3.63) is 64.4 Å². The number of hydrogen-bond donors (Lipinski definition) is 0. The number of esters is 1. The molecule has 1 aliphatic heterocycles. The Labute approximate surface area is 153 Å². The Hall–Kier alpha value is -2.88. The van der Waals surface area contributed by atoms with Crippen molar-refractivity contribution >= 4 is 17.8 Å². The molecule has 26 heavy (non-hydrogen) atoms. The molecule has 0 amide bonds. The van der Waals surface area contributed by atoms with Gasteiger partial charge in [0.2, 0.25) is 5.78 Å². The summed E-state index contributed by atoms with van der Waals surface area (Å²) in [5.74, 6) is 0.584. The zero-order valence-electron chi connectivity index (χ0n) is 15.7. The molecule has 4 nitrogen and oxygen atoms in total. The molecule has 0 atom stereocenters. The SMILES string of the molecule is Cc1ccccc1/C=C1\Oc2cc(OC(=O)C(C)(C)C)cc(C)c2C1=O. The molecular weight excluding hydrogens is 328 g/mol. The summed E-state index contributed by atoms with van der Waals surface area (Å²) in [6.45, 7) is 9.16. The molecule has 0 saturated heterocycles. The molecule has 4 heteroatoms. The smallest absolute Gasteiger partial charge is 0.316 e. The van der Waals surface area contributed by atoms with E-state index < -0.39 is 5.41 Å². The average Bonchev–Trinajstić information content (AvgIpc) is 2.85. The number of carbonyl (C=O) groups excluding carboxylic acids is 2. The topological polar surface area (TPSA) is 52.6 Å². The van der Waals surface area contributed by atoms with Crippen LogP contribution >= 0.6 is 0 Å². The number of aryl methyl sites for hydroxylation is 2. The molecule has 0 radical (unpaired) electrons. The van der Waals surface area contributed by atoms with E-state index in [2.05, 4.69) is 0 Å². The molecule has 134 valence electrons. The highest BCUT2D eigenvalue weighted by Gasteiger charge is 2.31. The second-order valence-corrected chi connectivity index (χ2v) is 7.55. The number of allylic oxidation sites excluding steroid dienone is 1. The molecule has 0 saturated carbocycles. The molecular formula is C22H22O4. The molecule has 1 heterocycles. The van der Waals surface area contributed by atoms with Crippen molar-refractivity contribution in [2.75, 3.05) is 0 Å². The van der Waals surface area contributed by atoms with E-state index in [0.717, 1.165) is 16.7 Å². The average molecular weight is 350 g/mol.